The summed E-state index contributed by atoms with van der Waals surface area (Å²) in [6.07, 6.45) is 2.91. The Bertz CT molecular complexity index is 718. The van der Waals surface area contributed by atoms with Crippen molar-refractivity contribution in [2.75, 3.05) is 30.3 Å². The Hall–Kier alpha value is -1.55. The topological polar surface area (TPSA) is 23.3 Å². The predicted octanol–water partition coefficient (Wildman–Crippen LogP) is 3.82. The fraction of sp³-hybridized carbons (Fsp3) is 0.500. The summed E-state index contributed by atoms with van der Waals surface area (Å²) in [5, 5.41) is 1.34. The first-order valence-corrected chi connectivity index (χ1v) is 9.83. The van der Waals surface area contributed by atoms with Crippen LogP contribution in [0.3, 0.4) is 0 Å². The number of hydrogen-bond donors (Lipinski definition) is 0. The van der Waals surface area contributed by atoms with Crippen LogP contribution >= 0.6 is 11.8 Å². The third-order valence-corrected chi connectivity index (χ3v) is 6.15. The number of hydrogen-bond acceptors (Lipinski definition) is 3. The molecule has 0 radical (unpaired) electrons. The molecule has 0 atom stereocenters. The molecule has 0 bridgehead atoms. The summed E-state index contributed by atoms with van der Waals surface area (Å²) in [4.78, 5) is 14.4. The average Bonchev–Trinajstić information content (AvgIpc) is 3.11. The van der Waals surface area contributed by atoms with Crippen molar-refractivity contribution in [1.29, 1.82) is 0 Å². The molecule has 0 N–H and O–H groups in total. The maximum atomic E-state index is 12.2. The van der Waals surface area contributed by atoms with E-state index in [9.17, 15) is 4.79 Å². The minimum absolute atomic E-state index is 0.0832. The summed E-state index contributed by atoms with van der Waals surface area (Å²) < 4.78 is 2.43. The molecule has 0 aliphatic carbocycles. The molecule has 1 aromatic carbocycles. The van der Waals surface area contributed by atoms with Crippen LogP contribution in [0.1, 0.15) is 39.7 Å². The van der Waals surface area contributed by atoms with Crippen LogP contribution in [0.25, 0.3) is 0 Å². The smallest absolute Gasteiger partial charge is 0.236 e. The summed E-state index contributed by atoms with van der Waals surface area (Å²) in [5.41, 5.74) is 3.66. The molecule has 0 fully saturated rings. The third kappa shape index (κ3) is 2.92. The lowest BCUT2D eigenvalue weighted by Crippen LogP contribution is -2.31. The van der Waals surface area contributed by atoms with Gasteiger partial charge in [0.2, 0.25) is 5.04 Å². The number of benzene rings is 1. The summed E-state index contributed by atoms with van der Waals surface area (Å²) in [6, 6.07) is 8.50. The van der Waals surface area contributed by atoms with Crippen molar-refractivity contribution in [3.63, 3.8) is 0 Å². The number of allylic oxidation sites excluding steroid dienone is 1. The number of ketones is 1. The fourth-order valence-electron chi connectivity index (χ4n) is 3.59. The standard InChI is InChI=1S/C20H27N2OS/c1-5-15(23)14-22-17-10-8-7-9-16(17)20(3,4)18(22)13-19-21(6-2)11-12-24-19/h7-10,13H,5-6,11-12,14H2,1-4H3/q+1. The van der Waals surface area contributed by atoms with E-state index >= 15 is 0 Å². The van der Waals surface area contributed by atoms with Crippen LogP contribution in [0.2, 0.25) is 0 Å². The highest BCUT2D eigenvalue weighted by molar-refractivity contribution is 8.14. The number of anilines is 1. The third-order valence-electron chi connectivity index (χ3n) is 5.09. The second kappa shape index (κ2) is 6.75. The predicted molar refractivity (Wildman–Crippen MR) is 103 cm³/mol. The van der Waals surface area contributed by atoms with Crippen molar-refractivity contribution in [1.82, 2.24) is 0 Å². The molecule has 0 unspecified atom stereocenters. The largest absolute Gasteiger partial charge is 0.336 e. The molecule has 24 heavy (non-hydrogen) atoms. The molecule has 2 heterocycles. The van der Waals surface area contributed by atoms with Gasteiger partial charge < -0.3 is 4.90 Å². The summed E-state index contributed by atoms with van der Waals surface area (Å²) in [6.45, 7) is 11.3. The highest BCUT2D eigenvalue weighted by Crippen LogP contribution is 2.47. The average molecular weight is 344 g/mol. The molecule has 2 aliphatic rings. The molecule has 0 spiro atoms. The van der Waals surface area contributed by atoms with Gasteiger partial charge in [-0.05, 0) is 18.6 Å². The molecule has 0 saturated heterocycles. The van der Waals surface area contributed by atoms with Crippen molar-refractivity contribution in [2.24, 2.45) is 0 Å². The Morgan fingerprint density at radius 2 is 2.08 bits per heavy atom. The van der Waals surface area contributed by atoms with Gasteiger partial charge in [0.15, 0.2) is 12.3 Å². The number of carbonyl (C=O) groups excluding carboxylic acids is 1. The first-order chi connectivity index (χ1) is 11.5. The van der Waals surface area contributed by atoms with Crippen LogP contribution in [0.4, 0.5) is 5.69 Å². The summed E-state index contributed by atoms with van der Waals surface area (Å²) in [7, 11) is 0. The maximum Gasteiger partial charge on any atom is 0.236 e. The molecule has 2 aliphatic heterocycles. The van der Waals surface area contributed by atoms with E-state index in [0.29, 0.717) is 13.0 Å². The minimum Gasteiger partial charge on any atom is -0.336 e. The Kier molecular flexibility index (Phi) is 4.86. The number of Topliss-reactive ketones (excluding diaryl/α,β-unsaturated/α-hetero) is 1. The van der Waals surface area contributed by atoms with Gasteiger partial charge in [-0.15, -0.1) is 0 Å². The Balaban J connectivity index is 2.10. The van der Waals surface area contributed by atoms with Crippen molar-refractivity contribution in [2.45, 2.75) is 39.5 Å². The zero-order valence-electron chi connectivity index (χ0n) is 15.1. The first-order valence-electron chi connectivity index (χ1n) is 8.84. The van der Waals surface area contributed by atoms with Crippen LogP contribution in [-0.4, -0.2) is 40.8 Å². The molecule has 3 rings (SSSR count). The van der Waals surface area contributed by atoms with E-state index < -0.39 is 0 Å². The van der Waals surface area contributed by atoms with E-state index in [-0.39, 0.29) is 11.2 Å². The SMILES string of the molecule is CCC(=O)CN1/C(=C/C2=[N+](CC)CCS2)C(C)(C)c2ccccc21. The van der Waals surface area contributed by atoms with Crippen molar-refractivity contribution < 1.29 is 9.37 Å². The van der Waals surface area contributed by atoms with Crippen LogP contribution in [0.5, 0.6) is 0 Å². The van der Waals surface area contributed by atoms with Crippen LogP contribution in [0.15, 0.2) is 36.0 Å². The highest BCUT2D eigenvalue weighted by atomic mass is 32.2. The minimum atomic E-state index is -0.0832. The molecule has 128 valence electrons. The molecule has 1 aromatic rings. The first kappa shape index (κ1) is 17.3. The van der Waals surface area contributed by atoms with E-state index in [0.717, 1.165) is 18.8 Å². The number of nitrogens with zero attached hydrogens (tertiary/aromatic N) is 2. The lowest BCUT2D eigenvalue weighted by molar-refractivity contribution is -0.513. The Labute approximate surface area is 149 Å². The quantitative estimate of drug-likeness (QED) is 0.759. The number of para-hydroxylation sites is 1. The van der Waals surface area contributed by atoms with Gasteiger partial charge in [-0.3, -0.25) is 4.79 Å². The molecule has 3 nitrogen and oxygen atoms in total. The van der Waals surface area contributed by atoms with Crippen LogP contribution < -0.4 is 4.90 Å². The second-order valence-corrected chi connectivity index (χ2v) is 8.03. The van der Waals surface area contributed by atoms with Crippen LogP contribution in [-0.2, 0) is 10.2 Å². The zero-order valence-corrected chi connectivity index (χ0v) is 15.9. The van der Waals surface area contributed by atoms with E-state index in [1.54, 1.807) is 0 Å². The van der Waals surface area contributed by atoms with Crippen molar-refractivity contribution in [3.05, 3.63) is 41.6 Å². The van der Waals surface area contributed by atoms with Gasteiger partial charge in [0.05, 0.1) is 12.3 Å². The number of rotatable bonds is 5. The number of carbonyl (C=O) groups is 1. The Morgan fingerprint density at radius 1 is 1.33 bits per heavy atom. The lowest BCUT2D eigenvalue weighted by atomic mass is 9.84. The van der Waals surface area contributed by atoms with E-state index in [4.69, 9.17) is 0 Å². The van der Waals surface area contributed by atoms with Crippen molar-refractivity contribution in [3.8, 4) is 0 Å². The molecular formula is C20H27N2OS+. The van der Waals surface area contributed by atoms with E-state index in [2.05, 4.69) is 60.6 Å². The van der Waals surface area contributed by atoms with Crippen molar-refractivity contribution >= 4 is 28.3 Å². The lowest BCUT2D eigenvalue weighted by Gasteiger charge is -2.26. The van der Waals surface area contributed by atoms with Gasteiger partial charge >= 0.3 is 0 Å². The monoisotopic (exact) mass is 343 g/mol. The van der Waals surface area contributed by atoms with Crippen LogP contribution in [0, 0.1) is 0 Å². The molecule has 0 amide bonds. The molecule has 0 aromatic heterocycles. The molecule has 0 saturated carbocycles. The Morgan fingerprint density at radius 3 is 2.79 bits per heavy atom. The van der Waals surface area contributed by atoms with E-state index in [1.807, 2.05) is 18.7 Å². The highest BCUT2D eigenvalue weighted by Gasteiger charge is 2.41. The van der Waals surface area contributed by atoms with Gasteiger partial charge in [0.1, 0.15) is 6.54 Å². The summed E-state index contributed by atoms with van der Waals surface area (Å²) >= 11 is 1.92. The molecule has 4 heteroatoms. The zero-order chi connectivity index (χ0) is 17.3. The van der Waals surface area contributed by atoms with Gasteiger partial charge in [0.25, 0.3) is 0 Å². The maximum absolute atomic E-state index is 12.2. The number of fused-ring (bicyclic) bond motifs is 1. The van der Waals surface area contributed by atoms with E-state index in [1.165, 1.54) is 22.0 Å². The second-order valence-electron chi connectivity index (χ2n) is 6.92. The van der Waals surface area contributed by atoms with Gasteiger partial charge in [-0.2, -0.15) is 0 Å². The summed E-state index contributed by atoms with van der Waals surface area (Å²) in [5.74, 6) is 1.43. The molecular weight excluding hydrogens is 316 g/mol. The fourth-order valence-corrected chi connectivity index (χ4v) is 4.70. The van der Waals surface area contributed by atoms with Gasteiger partial charge in [0, 0.05) is 29.3 Å². The number of thioether (sulfide) groups is 1. The van der Waals surface area contributed by atoms with Gasteiger partial charge in [-0.25, -0.2) is 4.58 Å². The van der Waals surface area contributed by atoms with Gasteiger partial charge in [-0.1, -0.05) is 50.7 Å². The normalized spacial score (nSPS) is 20.8.